The predicted molar refractivity (Wildman–Crippen MR) is 89.0 cm³/mol. The van der Waals surface area contributed by atoms with Crippen molar-refractivity contribution in [2.45, 2.75) is 45.8 Å². The molecule has 0 saturated carbocycles. The predicted octanol–water partition coefficient (Wildman–Crippen LogP) is 4.88. The van der Waals surface area contributed by atoms with Gasteiger partial charge in [0.2, 0.25) is 0 Å². The molecule has 0 atom stereocenters. The molecule has 1 aliphatic rings. The number of hydrogen-bond acceptors (Lipinski definition) is 3. The quantitative estimate of drug-likeness (QED) is 0.506. The minimum atomic E-state index is -0.250. The van der Waals surface area contributed by atoms with Gasteiger partial charge >= 0.3 is 0 Å². The van der Waals surface area contributed by atoms with E-state index in [9.17, 15) is 0 Å². The van der Waals surface area contributed by atoms with Crippen molar-refractivity contribution in [3.05, 3.63) is 42.0 Å². The molecule has 122 valence electrons. The Morgan fingerprint density at radius 2 is 1.82 bits per heavy atom. The normalized spacial score (nSPS) is 22.1. The second-order valence-corrected chi connectivity index (χ2v) is 5.75. The maximum atomic E-state index is 5.83. The highest BCUT2D eigenvalue weighted by Crippen LogP contribution is 2.27. The topological polar surface area (TPSA) is 27.7 Å². The van der Waals surface area contributed by atoms with Crippen LogP contribution in [-0.2, 0) is 9.47 Å². The van der Waals surface area contributed by atoms with E-state index in [1.54, 1.807) is 0 Å². The van der Waals surface area contributed by atoms with Crippen molar-refractivity contribution >= 4 is 0 Å². The molecule has 1 aliphatic heterocycles. The average molecular weight is 304 g/mol. The van der Waals surface area contributed by atoms with Crippen LogP contribution in [0.3, 0.4) is 0 Å². The molecule has 3 heteroatoms. The summed E-state index contributed by atoms with van der Waals surface area (Å²) in [5.41, 5.74) is 1.05. The van der Waals surface area contributed by atoms with Gasteiger partial charge in [-0.05, 0) is 25.0 Å². The molecule has 0 spiro atoms. The Morgan fingerprint density at radius 1 is 1.09 bits per heavy atom. The molecule has 0 aromatic heterocycles. The zero-order chi connectivity index (χ0) is 15.6. The van der Waals surface area contributed by atoms with Crippen LogP contribution in [0.2, 0.25) is 0 Å². The zero-order valence-corrected chi connectivity index (χ0v) is 13.8. The van der Waals surface area contributed by atoms with Crippen LogP contribution >= 0.6 is 0 Å². The summed E-state index contributed by atoms with van der Waals surface area (Å²) < 4.78 is 17.3. The standard InChI is InChI=1S/C19H28O3/c1-3-5-7-8-16-14-21-19(22-15-16)17-9-11-18(12-10-17)20-13-6-4-2/h7-12,16,19H,3-6,13-15H2,1-2H3/b8-7+. The monoisotopic (exact) mass is 304 g/mol. The number of unbranched alkanes of at least 4 members (excludes halogenated alkanes) is 2. The zero-order valence-electron chi connectivity index (χ0n) is 13.8. The van der Waals surface area contributed by atoms with Gasteiger partial charge in [-0.2, -0.15) is 0 Å². The molecule has 0 bridgehead atoms. The van der Waals surface area contributed by atoms with E-state index in [0.717, 1.165) is 50.4 Å². The van der Waals surface area contributed by atoms with Crippen LogP contribution in [0, 0.1) is 5.92 Å². The van der Waals surface area contributed by atoms with Gasteiger partial charge in [0.05, 0.1) is 19.8 Å². The van der Waals surface area contributed by atoms with Crippen molar-refractivity contribution in [1.29, 1.82) is 0 Å². The van der Waals surface area contributed by atoms with Crippen LogP contribution in [0.15, 0.2) is 36.4 Å². The second kappa shape index (κ2) is 9.65. The van der Waals surface area contributed by atoms with Gasteiger partial charge in [0.25, 0.3) is 0 Å². The van der Waals surface area contributed by atoms with Crippen LogP contribution in [0.25, 0.3) is 0 Å². The number of rotatable bonds is 8. The minimum absolute atomic E-state index is 0.250. The summed E-state index contributed by atoms with van der Waals surface area (Å²) in [4.78, 5) is 0. The highest BCUT2D eigenvalue weighted by molar-refractivity contribution is 5.28. The van der Waals surface area contributed by atoms with Gasteiger partial charge in [-0.3, -0.25) is 0 Å². The molecule has 1 heterocycles. The molecule has 1 aromatic rings. The summed E-state index contributed by atoms with van der Waals surface area (Å²) in [6, 6.07) is 8.04. The molecule has 22 heavy (non-hydrogen) atoms. The molecule has 0 aliphatic carbocycles. The van der Waals surface area contributed by atoms with E-state index >= 15 is 0 Å². The Hall–Kier alpha value is -1.32. The number of benzene rings is 1. The molecular formula is C19H28O3. The van der Waals surface area contributed by atoms with Gasteiger partial charge in [0.15, 0.2) is 6.29 Å². The lowest BCUT2D eigenvalue weighted by atomic mass is 10.1. The molecule has 3 nitrogen and oxygen atoms in total. The van der Waals surface area contributed by atoms with Gasteiger partial charge < -0.3 is 14.2 Å². The molecule has 2 rings (SSSR count). The summed E-state index contributed by atoms with van der Waals surface area (Å²) in [5.74, 6) is 1.29. The lowest BCUT2D eigenvalue weighted by Gasteiger charge is -2.28. The van der Waals surface area contributed by atoms with Crippen LogP contribution in [0.1, 0.15) is 51.4 Å². The van der Waals surface area contributed by atoms with Crippen molar-refractivity contribution in [3.63, 3.8) is 0 Å². The molecule has 1 fully saturated rings. The Bertz CT molecular complexity index is 430. The maximum absolute atomic E-state index is 5.83. The maximum Gasteiger partial charge on any atom is 0.183 e. The number of ether oxygens (including phenoxy) is 3. The van der Waals surface area contributed by atoms with Crippen molar-refractivity contribution in [2.75, 3.05) is 19.8 Å². The third-order valence-corrected chi connectivity index (χ3v) is 3.71. The SMILES string of the molecule is CCC/C=C/C1COC(c2ccc(OCCCC)cc2)OC1. The summed E-state index contributed by atoms with van der Waals surface area (Å²) in [7, 11) is 0. The highest BCUT2D eigenvalue weighted by atomic mass is 16.7. The second-order valence-electron chi connectivity index (χ2n) is 5.75. The fourth-order valence-corrected chi connectivity index (χ4v) is 2.33. The Balaban J connectivity index is 1.78. The van der Waals surface area contributed by atoms with Gasteiger partial charge in [-0.15, -0.1) is 0 Å². The first kappa shape index (κ1) is 17.0. The van der Waals surface area contributed by atoms with Crippen LogP contribution in [0.4, 0.5) is 0 Å². The van der Waals surface area contributed by atoms with Crippen molar-refractivity contribution in [1.82, 2.24) is 0 Å². The van der Waals surface area contributed by atoms with Gasteiger partial charge in [0, 0.05) is 11.5 Å². The van der Waals surface area contributed by atoms with Crippen LogP contribution in [-0.4, -0.2) is 19.8 Å². The summed E-state index contributed by atoms with van der Waals surface area (Å²) in [5, 5.41) is 0. The fraction of sp³-hybridized carbons (Fsp3) is 0.579. The van der Waals surface area contributed by atoms with Gasteiger partial charge in [0.1, 0.15) is 5.75 Å². The fourth-order valence-electron chi connectivity index (χ4n) is 2.33. The largest absolute Gasteiger partial charge is 0.494 e. The summed E-state index contributed by atoms with van der Waals surface area (Å²) in [6.07, 6.45) is 8.73. The van der Waals surface area contributed by atoms with E-state index in [-0.39, 0.29) is 6.29 Å². The van der Waals surface area contributed by atoms with Gasteiger partial charge in [-0.1, -0.05) is 51.0 Å². The molecule has 0 radical (unpaired) electrons. The van der Waals surface area contributed by atoms with Crippen LogP contribution < -0.4 is 4.74 Å². The minimum Gasteiger partial charge on any atom is -0.494 e. The van der Waals surface area contributed by atoms with E-state index in [1.807, 2.05) is 24.3 Å². The molecular weight excluding hydrogens is 276 g/mol. The van der Waals surface area contributed by atoms with Crippen LogP contribution in [0.5, 0.6) is 5.75 Å². The molecule has 1 aromatic carbocycles. The van der Waals surface area contributed by atoms with E-state index in [0.29, 0.717) is 5.92 Å². The lowest BCUT2D eigenvalue weighted by Crippen LogP contribution is -2.25. The third kappa shape index (κ3) is 5.47. The molecule has 0 N–H and O–H groups in total. The Morgan fingerprint density at radius 3 is 2.45 bits per heavy atom. The molecule has 1 saturated heterocycles. The van der Waals surface area contributed by atoms with Crippen molar-refractivity contribution in [3.8, 4) is 5.75 Å². The summed E-state index contributed by atoms with van der Waals surface area (Å²) >= 11 is 0. The average Bonchev–Trinajstić information content (AvgIpc) is 2.57. The summed E-state index contributed by atoms with van der Waals surface area (Å²) in [6.45, 7) is 6.57. The van der Waals surface area contributed by atoms with E-state index in [2.05, 4.69) is 26.0 Å². The van der Waals surface area contributed by atoms with Gasteiger partial charge in [-0.25, -0.2) is 0 Å². The van der Waals surface area contributed by atoms with Crippen molar-refractivity contribution < 1.29 is 14.2 Å². The number of hydrogen-bond donors (Lipinski definition) is 0. The molecule has 0 unspecified atom stereocenters. The Kier molecular flexibility index (Phi) is 7.47. The Labute approximate surface area is 134 Å². The third-order valence-electron chi connectivity index (χ3n) is 3.71. The first-order valence-corrected chi connectivity index (χ1v) is 8.46. The van der Waals surface area contributed by atoms with E-state index < -0.39 is 0 Å². The first-order chi connectivity index (χ1) is 10.8. The first-order valence-electron chi connectivity index (χ1n) is 8.46. The van der Waals surface area contributed by atoms with E-state index in [1.165, 1.54) is 6.42 Å². The lowest BCUT2D eigenvalue weighted by molar-refractivity contribution is -0.197. The van der Waals surface area contributed by atoms with Crippen molar-refractivity contribution in [2.24, 2.45) is 5.92 Å². The highest BCUT2D eigenvalue weighted by Gasteiger charge is 2.21. The molecule has 0 amide bonds. The van der Waals surface area contributed by atoms with E-state index in [4.69, 9.17) is 14.2 Å². The smallest absolute Gasteiger partial charge is 0.183 e. The number of allylic oxidation sites excluding steroid dienone is 1.